The molecular formula is C12H18FNO. The van der Waals surface area contributed by atoms with Crippen LogP contribution in [0, 0.1) is 12.7 Å². The Balaban J connectivity index is 2.54. The third kappa shape index (κ3) is 3.51. The van der Waals surface area contributed by atoms with Crippen molar-refractivity contribution in [2.45, 2.75) is 26.8 Å². The van der Waals surface area contributed by atoms with E-state index >= 15 is 0 Å². The van der Waals surface area contributed by atoms with Gasteiger partial charge in [0.2, 0.25) is 0 Å². The van der Waals surface area contributed by atoms with Crippen molar-refractivity contribution < 1.29 is 9.13 Å². The van der Waals surface area contributed by atoms with Crippen LogP contribution >= 0.6 is 0 Å². The van der Waals surface area contributed by atoms with E-state index in [0.29, 0.717) is 17.9 Å². The topological polar surface area (TPSA) is 21.3 Å². The van der Waals surface area contributed by atoms with E-state index in [1.807, 2.05) is 13.8 Å². The first kappa shape index (κ1) is 12.0. The monoisotopic (exact) mass is 211 g/mol. The zero-order valence-electron chi connectivity index (χ0n) is 9.51. The largest absolute Gasteiger partial charge is 0.489 e. The molecule has 3 heteroatoms. The molecule has 1 atom stereocenters. The molecule has 0 spiro atoms. The molecule has 0 radical (unpaired) electrons. The van der Waals surface area contributed by atoms with E-state index in [0.717, 1.165) is 6.54 Å². The summed E-state index contributed by atoms with van der Waals surface area (Å²) in [6.07, 6.45) is 0. The van der Waals surface area contributed by atoms with Crippen LogP contribution in [0.15, 0.2) is 18.2 Å². The molecule has 0 heterocycles. The van der Waals surface area contributed by atoms with Gasteiger partial charge < -0.3 is 10.1 Å². The summed E-state index contributed by atoms with van der Waals surface area (Å²) in [5.41, 5.74) is 0.614. The quantitative estimate of drug-likeness (QED) is 0.808. The maximum absolute atomic E-state index is 13.5. The Bertz CT molecular complexity index is 314. The molecule has 1 N–H and O–H groups in total. The fourth-order valence-electron chi connectivity index (χ4n) is 1.35. The van der Waals surface area contributed by atoms with Gasteiger partial charge >= 0.3 is 0 Å². The number of nitrogens with one attached hydrogen (secondary N) is 1. The number of hydrogen-bond acceptors (Lipinski definition) is 2. The third-order valence-electron chi connectivity index (χ3n) is 2.20. The molecule has 0 aromatic heterocycles. The molecule has 1 rings (SSSR count). The van der Waals surface area contributed by atoms with Gasteiger partial charge in [-0.1, -0.05) is 19.1 Å². The molecule has 2 nitrogen and oxygen atoms in total. The van der Waals surface area contributed by atoms with E-state index in [4.69, 9.17) is 4.74 Å². The minimum Gasteiger partial charge on any atom is -0.489 e. The van der Waals surface area contributed by atoms with Crippen molar-refractivity contribution in [3.63, 3.8) is 0 Å². The second-order valence-electron chi connectivity index (χ2n) is 3.66. The number of halogens is 1. The molecule has 0 amide bonds. The van der Waals surface area contributed by atoms with Crippen LogP contribution < -0.4 is 10.1 Å². The summed E-state index contributed by atoms with van der Waals surface area (Å²) in [7, 11) is 0. The Labute approximate surface area is 90.4 Å². The van der Waals surface area contributed by atoms with Gasteiger partial charge in [0.25, 0.3) is 0 Å². The summed E-state index contributed by atoms with van der Waals surface area (Å²) in [4.78, 5) is 0. The van der Waals surface area contributed by atoms with Crippen molar-refractivity contribution in [3.8, 4) is 5.75 Å². The molecule has 1 aromatic carbocycles. The highest BCUT2D eigenvalue weighted by molar-refractivity contribution is 5.30. The van der Waals surface area contributed by atoms with Crippen LogP contribution in [0.1, 0.15) is 19.4 Å². The Morgan fingerprint density at radius 2 is 2.20 bits per heavy atom. The lowest BCUT2D eigenvalue weighted by Crippen LogP contribution is -2.31. The van der Waals surface area contributed by atoms with Crippen molar-refractivity contribution in [2.24, 2.45) is 0 Å². The lowest BCUT2D eigenvalue weighted by Gasteiger charge is -2.14. The van der Waals surface area contributed by atoms with Gasteiger partial charge in [0.05, 0.1) is 0 Å². The van der Waals surface area contributed by atoms with Crippen LogP contribution in [0.25, 0.3) is 0 Å². The van der Waals surface area contributed by atoms with Crippen molar-refractivity contribution in [1.29, 1.82) is 0 Å². The zero-order chi connectivity index (χ0) is 11.3. The van der Waals surface area contributed by atoms with E-state index in [-0.39, 0.29) is 11.9 Å². The summed E-state index contributed by atoms with van der Waals surface area (Å²) in [6.45, 7) is 7.14. The molecule has 0 saturated carbocycles. The van der Waals surface area contributed by atoms with Crippen LogP contribution in [-0.2, 0) is 0 Å². The van der Waals surface area contributed by atoms with Crippen LogP contribution in [0.2, 0.25) is 0 Å². The Hall–Kier alpha value is -1.09. The second-order valence-corrected chi connectivity index (χ2v) is 3.66. The highest BCUT2D eigenvalue weighted by Gasteiger charge is 2.07. The van der Waals surface area contributed by atoms with E-state index in [9.17, 15) is 4.39 Å². The second kappa shape index (κ2) is 5.71. The lowest BCUT2D eigenvalue weighted by molar-refractivity contribution is 0.263. The van der Waals surface area contributed by atoms with Crippen LogP contribution in [-0.4, -0.2) is 19.2 Å². The fourth-order valence-corrected chi connectivity index (χ4v) is 1.35. The van der Waals surface area contributed by atoms with Gasteiger partial charge in [0.15, 0.2) is 11.6 Å². The Kier molecular flexibility index (Phi) is 4.56. The number of ether oxygens (including phenoxy) is 1. The average Bonchev–Trinajstić information content (AvgIpc) is 2.21. The molecule has 0 aliphatic rings. The highest BCUT2D eigenvalue weighted by atomic mass is 19.1. The van der Waals surface area contributed by atoms with Crippen LogP contribution in [0.4, 0.5) is 4.39 Å². The minimum atomic E-state index is -0.263. The maximum Gasteiger partial charge on any atom is 0.167 e. The first-order valence-electron chi connectivity index (χ1n) is 5.26. The first-order chi connectivity index (χ1) is 7.15. The number of aryl methyl sites for hydroxylation is 1. The molecule has 15 heavy (non-hydrogen) atoms. The lowest BCUT2D eigenvalue weighted by atomic mass is 10.2. The van der Waals surface area contributed by atoms with Gasteiger partial charge in [-0.25, -0.2) is 4.39 Å². The van der Waals surface area contributed by atoms with Crippen molar-refractivity contribution >= 4 is 0 Å². The number of hydrogen-bond donors (Lipinski definition) is 1. The summed E-state index contributed by atoms with van der Waals surface area (Å²) >= 11 is 0. The van der Waals surface area contributed by atoms with E-state index < -0.39 is 0 Å². The van der Waals surface area contributed by atoms with Gasteiger partial charge in [0, 0.05) is 6.04 Å². The summed E-state index contributed by atoms with van der Waals surface area (Å²) < 4.78 is 18.9. The van der Waals surface area contributed by atoms with Gasteiger partial charge in [0.1, 0.15) is 6.61 Å². The predicted octanol–water partition coefficient (Wildman–Crippen LogP) is 2.51. The van der Waals surface area contributed by atoms with E-state index in [1.54, 1.807) is 25.1 Å². The SMILES string of the molecule is CCNC(C)COc1cccc(C)c1F. The number of likely N-dealkylation sites (N-methyl/N-ethyl adjacent to an activating group) is 1. The van der Waals surface area contributed by atoms with E-state index in [1.165, 1.54) is 0 Å². The summed E-state index contributed by atoms with van der Waals surface area (Å²) in [6, 6.07) is 5.41. The molecule has 0 bridgehead atoms. The number of benzene rings is 1. The van der Waals surface area contributed by atoms with Crippen molar-refractivity contribution in [2.75, 3.05) is 13.2 Å². The molecule has 1 unspecified atom stereocenters. The zero-order valence-corrected chi connectivity index (χ0v) is 9.51. The standard InChI is InChI=1S/C12H18FNO/c1-4-14-10(3)8-15-11-7-5-6-9(2)12(11)13/h5-7,10,14H,4,8H2,1-3H3. The Morgan fingerprint density at radius 3 is 2.87 bits per heavy atom. The van der Waals surface area contributed by atoms with Crippen molar-refractivity contribution in [3.05, 3.63) is 29.6 Å². The minimum absolute atomic E-state index is 0.231. The number of rotatable bonds is 5. The smallest absolute Gasteiger partial charge is 0.167 e. The Morgan fingerprint density at radius 1 is 1.47 bits per heavy atom. The van der Waals surface area contributed by atoms with Crippen molar-refractivity contribution in [1.82, 2.24) is 5.32 Å². The molecular weight excluding hydrogens is 193 g/mol. The van der Waals surface area contributed by atoms with Gasteiger partial charge in [-0.15, -0.1) is 0 Å². The highest BCUT2D eigenvalue weighted by Crippen LogP contribution is 2.19. The van der Waals surface area contributed by atoms with Gasteiger partial charge in [-0.3, -0.25) is 0 Å². The molecule has 0 saturated heterocycles. The molecule has 0 aliphatic carbocycles. The third-order valence-corrected chi connectivity index (χ3v) is 2.20. The maximum atomic E-state index is 13.5. The normalized spacial score (nSPS) is 12.5. The average molecular weight is 211 g/mol. The van der Waals surface area contributed by atoms with E-state index in [2.05, 4.69) is 5.32 Å². The molecule has 84 valence electrons. The molecule has 1 aromatic rings. The van der Waals surface area contributed by atoms with Gasteiger partial charge in [-0.05, 0) is 32.0 Å². The molecule has 0 fully saturated rings. The molecule has 0 aliphatic heterocycles. The first-order valence-corrected chi connectivity index (χ1v) is 5.26. The summed E-state index contributed by atoms with van der Waals surface area (Å²) in [5, 5.41) is 3.20. The van der Waals surface area contributed by atoms with Crippen LogP contribution in [0.5, 0.6) is 5.75 Å². The summed E-state index contributed by atoms with van der Waals surface area (Å²) in [5.74, 6) is 0.0703. The predicted molar refractivity (Wildman–Crippen MR) is 59.8 cm³/mol. The van der Waals surface area contributed by atoms with Crippen LogP contribution in [0.3, 0.4) is 0 Å². The van der Waals surface area contributed by atoms with Gasteiger partial charge in [-0.2, -0.15) is 0 Å². The fraction of sp³-hybridized carbons (Fsp3) is 0.500.